The van der Waals surface area contributed by atoms with E-state index in [4.69, 9.17) is 0 Å². The summed E-state index contributed by atoms with van der Waals surface area (Å²) >= 11 is 2.95. The molecule has 28 heavy (non-hydrogen) atoms. The van der Waals surface area contributed by atoms with Crippen molar-refractivity contribution in [2.45, 2.75) is 45.0 Å². The smallest absolute Gasteiger partial charge is 0.433 e. The second kappa shape index (κ2) is 7.69. The highest BCUT2D eigenvalue weighted by Gasteiger charge is 2.42. The van der Waals surface area contributed by atoms with Crippen molar-refractivity contribution >= 4 is 27.5 Å². The van der Waals surface area contributed by atoms with Crippen LogP contribution in [-0.2, 0) is 17.5 Å². The maximum absolute atomic E-state index is 13.1. The summed E-state index contributed by atoms with van der Waals surface area (Å²) in [6, 6.07) is 4.23. The first-order chi connectivity index (χ1) is 13.1. The van der Waals surface area contributed by atoms with Gasteiger partial charge in [-0.1, -0.05) is 6.07 Å². The maximum Gasteiger partial charge on any atom is 0.436 e. The first-order valence-electron chi connectivity index (χ1n) is 8.25. The Hall–Kier alpha value is -2.17. The van der Waals surface area contributed by atoms with Gasteiger partial charge in [0.25, 0.3) is 0 Å². The zero-order chi connectivity index (χ0) is 20.6. The van der Waals surface area contributed by atoms with Crippen molar-refractivity contribution in [3.63, 3.8) is 0 Å². The van der Waals surface area contributed by atoms with Gasteiger partial charge >= 0.3 is 12.8 Å². The van der Waals surface area contributed by atoms with E-state index in [1.165, 1.54) is 18.2 Å². The van der Waals surface area contributed by atoms with Gasteiger partial charge in [0.05, 0.1) is 15.9 Å². The van der Waals surface area contributed by atoms with Crippen molar-refractivity contribution in [1.29, 1.82) is 0 Å². The molecule has 0 aliphatic heterocycles. The van der Waals surface area contributed by atoms with Crippen LogP contribution in [0.4, 0.5) is 27.6 Å². The first-order valence-corrected chi connectivity index (χ1v) is 9.04. The second-order valence-corrected chi connectivity index (χ2v) is 7.20. The van der Waals surface area contributed by atoms with Gasteiger partial charge in [0.1, 0.15) is 12.3 Å². The van der Waals surface area contributed by atoms with Crippen LogP contribution in [0.3, 0.4) is 0 Å². The van der Waals surface area contributed by atoms with E-state index in [2.05, 4.69) is 31.1 Å². The molecular weight excluding hydrogens is 453 g/mol. The fourth-order valence-electron chi connectivity index (χ4n) is 2.77. The average molecular weight is 468 g/mol. The number of rotatable bonds is 6. The van der Waals surface area contributed by atoms with Gasteiger partial charge in [-0.15, -0.1) is 0 Å². The number of nitrogens with one attached hydrogen (secondary N) is 1. The molecule has 1 amide bonds. The van der Waals surface area contributed by atoms with Crippen LogP contribution in [0.25, 0.3) is 0 Å². The van der Waals surface area contributed by atoms with Crippen LogP contribution in [0.1, 0.15) is 35.7 Å². The van der Waals surface area contributed by atoms with E-state index in [-0.39, 0.29) is 21.8 Å². The Labute approximate surface area is 165 Å². The molecule has 1 aromatic carbocycles. The van der Waals surface area contributed by atoms with Crippen LogP contribution in [0.15, 0.2) is 22.7 Å². The Balaban J connectivity index is 1.84. The topological polar surface area (TPSA) is 56.1 Å². The van der Waals surface area contributed by atoms with Crippen LogP contribution >= 0.6 is 15.9 Å². The van der Waals surface area contributed by atoms with Crippen LogP contribution in [0.2, 0.25) is 0 Å². The molecule has 1 fully saturated rings. The van der Waals surface area contributed by atoms with Gasteiger partial charge in [-0.05, 0) is 53.4 Å². The molecule has 11 heteroatoms. The van der Waals surface area contributed by atoms with Gasteiger partial charge in [0, 0.05) is 5.92 Å². The van der Waals surface area contributed by atoms with Gasteiger partial charge in [0.15, 0.2) is 5.69 Å². The highest BCUT2D eigenvalue weighted by atomic mass is 79.9. The third-order valence-corrected chi connectivity index (χ3v) is 4.86. The van der Waals surface area contributed by atoms with Crippen LogP contribution in [0, 0.1) is 6.92 Å². The number of halogens is 6. The zero-order valence-corrected chi connectivity index (χ0v) is 16.1. The molecular formula is C17H15BrF5N3O2. The van der Waals surface area contributed by atoms with Crippen molar-refractivity contribution in [2.24, 2.45) is 0 Å². The summed E-state index contributed by atoms with van der Waals surface area (Å²) in [5.74, 6) is -1.06. The second-order valence-electron chi connectivity index (χ2n) is 6.40. The summed E-state index contributed by atoms with van der Waals surface area (Å²) in [7, 11) is 0. The molecule has 1 saturated carbocycles. The summed E-state index contributed by atoms with van der Waals surface area (Å²) in [6.45, 7) is -1.90. The molecule has 2 aromatic rings. The summed E-state index contributed by atoms with van der Waals surface area (Å²) in [4.78, 5) is 12.4. The Bertz CT molecular complexity index is 894. The molecule has 1 heterocycles. The lowest BCUT2D eigenvalue weighted by Crippen LogP contribution is -2.22. The lowest BCUT2D eigenvalue weighted by Gasteiger charge is -2.13. The van der Waals surface area contributed by atoms with E-state index in [1.54, 1.807) is 6.92 Å². The monoisotopic (exact) mass is 467 g/mol. The molecule has 0 unspecified atom stereocenters. The van der Waals surface area contributed by atoms with E-state index in [0.29, 0.717) is 24.1 Å². The first kappa shape index (κ1) is 20.6. The largest absolute Gasteiger partial charge is 0.436 e. The molecule has 0 radical (unpaired) electrons. The number of aromatic nitrogens is 2. The van der Waals surface area contributed by atoms with E-state index >= 15 is 0 Å². The number of benzene rings is 1. The Morgan fingerprint density at radius 1 is 1.39 bits per heavy atom. The number of ether oxygens (including phenoxy) is 1. The highest BCUT2D eigenvalue weighted by Crippen LogP contribution is 2.47. The number of hydrogen-bond acceptors (Lipinski definition) is 3. The number of amides is 1. The fraction of sp³-hybridized carbons (Fsp3) is 0.412. The SMILES string of the molecule is Cc1ccc(OC(F)F)c(NC(=O)Cn2nc(C(F)(F)F)c(Br)c2C2CC2)c1. The molecule has 0 spiro atoms. The number of alkyl halides is 5. The van der Waals surface area contributed by atoms with Crippen LogP contribution < -0.4 is 10.1 Å². The van der Waals surface area contributed by atoms with E-state index in [9.17, 15) is 26.7 Å². The van der Waals surface area contributed by atoms with Crippen molar-refractivity contribution in [1.82, 2.24) is 9.78 Å². The molecule has 152 valence electrons. The molecule has 1 aliphatic carbocycles. The summed E-state index contributed by atoms with van der Waals surface area (Å²) in [5.41, 5.74) is -0.118. The Morgan fingerprint density at radius 3 is 2.64 bits per heavy atom. The number of nitrogens with zero attached hydrogens (tertiary/aromatic N) is 2. The third kappa shape index (κ3) is 4.62. The normalized spacial score (nSPS) is 14.4. The van der Waals surface area contributed by atoms with Gasteiger partial charge in [0.2, 0.25) is 5.91 Å². The van der Waals surface area contributed by atoms with Crippen molar-refractivity contribution in [3.05, 3.63) is 39.6 Å². The molecule has 0 saturated heterocycles. The van der Waals surface area contributed by atoms with Crippen molar-refractivity contribution in [2.75, 3.05) is 5.32 Å². The average Bonchev–Trinajstić information content (AvgIpc) is 3.33. The van der Waals surface area contributed by atoms with Crippen LogP contribution in [0.5, 0.6) is 5.75 Å². The van der Waals surface area contributed by atoms with Crippen LogP contribution in [-0.4, -0.2) is 22.3 Å². The summed E-state index contributed by atoms with van der Waals surface area (Å²) in [6.07, 6.45) is -3.26. The molecule has 1 aliphatic rings. The molecule has 1 N–H and O–H groups in total. The van der Waals surface area contributed by atoms with Gasteiger partial charge in [-0.25, -0.2) is 0 Å². The molecule has 5 nitrogen and oxygen atoms in total. The van der Waals surface area contributed by atoms with E-state index in [1.807, 2.05) is 0 Å². The lowest BCUT2D eigenvalue weighted by molar-refractivity contribution is -0.142. The van der Waals surface area contributed by atoms with Gasteiger partial charge < -0.3 is 10.1 Å². The van der Waals surface area contributed by atoms with Gasteiger partial charge in [-0.3, -0.25) is 9.48 Å². The maximum atomic E-state index is 13.1. The standard InChI is InChI=1S/C17H15BrF5N3O2/c1-8-2-5-11(28-16(19)20)10(6-8)24-12(27)7-26-14(9-3-4-9)13(18)15(25-26)17(21,22)23/h2,5-6,9,16H,3-4,7H2,1H3,(H,24,27). The highest BCUT2D eigenvalue weighted by molar-refractivity contribution is 9.10. The number of carbonyl (C=O) groups excluding carboxylic acids is 1. The fourth-order valence-corrected chi connectivity index (χ4v) is 3.60. The zero-order valence-electron chi connectivity index (χ0n) is 14.5. The van der Waals surface area contributed by atoms with Crippen molar-refractivity contribution < 1.29 is 31.5 Å². The predicted octanol–water partition coefficient (Wildman–Crippen LogP) is 5.09. The third-order valence-electron chi connectivity index (χ3n) is 4.08. The van der Waals surface area contributed by atoms with E-state index < -0.39 is 30.9 Å². The molecule has 0 bridgehead atoms. The number of aryl methyl sites for hydroxylation is 1. The number of hydrogen-bond donors (Lipinski definition) is 1. The molecule has 3 rings (SSSR count). The molecule has 1 aromatic heterocycles. The Morgan fingerprint density at radius 2 is 2.07 bits per heavy atom. The molecule has 0 atom stereocenters. The minimum absolute atomic E-state index is 0.000499. The number of anilines is 1. The predicted molar refractivity (Wildman–Crippen MR) is 93.3 cm³/mol. The minimum Gasteiger partial charge on any atom is -0.433 e. The van der Waals surface area contributed by atoms with Gasteiger partial charge in [-0.2, -0.15) is 27.1 Å². The Kier molecular flexibility index (Phi) is 5.64. The summed E-state index contributed by atoms with van der Waals surface area (Å²) in [5, 5.41) is 5.95. The van der Waals surface area contributed by atoms with E-state index in [0.717, 1.165) is 4.68 Å². The minimum atomic E-state index is -4.67. The quantitative estimate of drug-likeness (QED) is 0.602. The summed E-state index contributed by atoms with van der Waals surface area (Å²) < 4.78 is 69.7. The van der Waals surface area contributed by atoms with Crippen molar-refractivity contribution in [3.8, 4) is 5.75 Å². The lowest BCUT2D eigenvalue weighted by atomic mass is 10.2. The number of carbonyl (C=O) groups is 1.